The number of rotatable bonds is 5. The molecule has 0 spiro atoms. The molecule has 6 nitrogen and oxygen atoms in total. The summed E-state index contributed by atoms with van der Waals surface area (Å²) in [4.78, 5) is 30.0. The summed E-state index contributed by atoms with van der Waals surface area (Å²) in [6.45, 7) is 5.83. The van der Waals surface area contributed by atoms with Crippen LogP contribution in [-0.2, 0) is 15.1 Å². The highest BCUT2D eigenvalue weighted by Crippen LogP contribution is 2.47. The lowest BCUT2D eigenvalue weighted by atomic mass is 9.75. The topological polar surface area (TPSA) is 79.8 Å². The second kappa shape index (κ2) is 10.1. The van der Waals surface area contributed by atoms with E-state index in [0.717, 1.165) is 11.6 Å². The van der Waals surface area contributed by atoms with E-state index in [1.807, 2.05) is 13.0 Å². The van der Waals surface area contributed by atoms with Crippen molar-refractivity contribution >= 4 is 28.7 Å². The number of hydrogen-bond donors (Lipinski definition) is 2. The van der Waals surface area contributed by atoms with Crippen molar-refractivity contribution in [3.63, 3.8) is 0 Å². The Labute approximate surface area is 200 Å². The molecule has 1 saturated heterocycles. The van der Waals surface area contributed by atoms with Crippen LogP contribution < -0.4 is 10.6 Å². The minimum atomic E-state index is -1.20. The van der Waals surface area contributed by atoms with Gasteiger partial charge in [-0.1, -0.05) is 48.2 Å². The van der Waals surface area contributed by atoms with Crippen LogP contribution >= 0.6 is 11.8 Å². The van der Waals surface area contributed by atoms with E-state index in [-0.39, 0.29) is 29.9 Å². The van der Waals surface area contributed by atoms with Gasteiger partial charge >= 0.3 is 0 Å². The van der Waals surface area contributed by atoms with E-state index in [0.29, 0.717) is 29.4 Å². The number of hydrogen-bond acceptors (Lipinski definition) is 5. The molecule has 0 aliphatic carbocycles. The fourth-order valence-corrected chi connectivity index (χ4v) is 5.31. The second-order valence-electron chi connectivity index (χ2n) is 8.50. The molecule has 0 unspecified atom stereocenters. The molecule has 34 heavy (non-hydrogen) atoms. The van der Waals surface area contributed by atoms with Crippen LogP contribution in [0.5, 0.6) is 0 Å². The summed E-state index contributed by atoms with van der Waals surface area (Å²) in [6.07, 6.45) is -0.424. The average molecular weight is 486 g/mol. The minimum absolute atomic E-state index is 0.0867. The third-order valence-electron chi connectivity index (χ3n) is 5.91. The molecule has 4 rings (SSSR count). The number of ether oxygens (including phenoxy) is 1. The lowest BCUT2D eigenvalue weighted by molar-refractivity contribution is -0.141. The molecular formula is C25H25F2N3O3S. The second-order valence-corrected chi connectivity index (χ2v) is 9.51. The normalized spacial score (nSPS) is 23.9. The van der Waals surface area contributed by atoms with Gasteiger partial charge in [0.15, 0.2) is 5.17 Å². The maximum atomic E-state index is 15.0. The van der Waals surface area contributed by atoms with E-state index < -0.39 is 23.3 Å². The van der Waals surface area contributed by atoms with Gasteiger partial charge in [0.25, 0.3) is 5.91 Å². The first kappa shape index (κ1) is 24.1. The number of fused-ring (bicyclic) bond motifs is 1. The Morgan fingerprint density at radius 1 is 1.24 bits per heavy atom. The molecule has 2 N–H and O–H groups in total. The van der Waals surface area contributed by atoms with E-state index in [2.05, 4.69) is 17.2 Å². The quantitative estimate of drug-likeness (QED) is 0.632. The van der Waals surface area contributed by atoms with Gasteiger partial charge in [-0.2, -0.15) is 0 Å². The van der Waals surface area contributed by atoms with E-state index in [1.165, 1.54) is 23.9 Å². The fraction of sp³-hybridized carbons (Fsp3) is 0.320. The van der Waals surface area contributed by atoms with Gasteiger partial charge in [0.05, 0.1) is 6.61 Å². The van der Waals surface area contributed by atoms with Crippen molar-refractivity contribution in [3.8, 4) is 0 Å². The van der Waals surface area contributed by atoms with E-state index in [1.54, 1.807) is 24.3 Å². The smallest absolute Gasteiger partial charge is 0.257 e. The number of halogens is 2. The van der Waals surface area contributed by atoms with Crippen LogP contribution in [0.25, 0.3) is 0 Å². The summed E-state index contributed by atoms with van der Waals surface area (Å²) in [5.74, 6) is -1.86. The first-order valence-electron chi connectivity index (χ1n) is 10.9. The maximum Gasteiger partial charge on any atom is 0.257 e. The zero-order chi connectivity index (χ0) is 24.3. The van der Waals surface area contributed by atoms with Crippen LogP contribution in [0.3, 0.4) is 0 Å². The van der Waals surface area contributed by atoms with Gasteiger partial charge in [-0.25, -0.2) is 13.8 Å². The molecule has 2 aromatic rings. The first-order chi connectivity index (χ1) is 16.3. The number of nitrogens with zero attached hydrogens (tertiary/aromatic N) is 1. The lowest BCUT2D eigenvalue weighted by Gasteiger charge is -2.46. The molecule has 1 fully saturated rings. The van der Waals surface area contributed by atoms with Crippen molar-refractivity contribution < 1.29 is 23.1 Å². The highest BCUT2D eigenvalue weighted by atomic mass is 32.2. The number of amides is 2. The van der Waals surface area contributed by atoms with Gasteiger partial charge in [-0.15, -0.1) is 0 Å². The van der Waals surface area contributed by atoms with Gasteiger partial charge in [0.2, 0.25) is 5.91 Å². The molecule has 0 saturated carbocycles. The Bertz CT molecular complexity index is 1140. The van der Waals surface area contributed by atoms with Gasteiger partial charge in [0.1, 0.15) is 23.3 Å². The van der Waals surface area contributed by atoms with Crippen LogP contribution in [-0.4, -0.2) is 42.0 Å². The fourth-order valence-electron chi connectivity index (χ4n) is 4.15. The molecule has 2 aliphatic rings. The number of carbonyl (C=O) groups is 2. The van der Waals surface area contributed by atoms with E-state index >= 15 is 0 Å². The SMILES string of the molecule is C=C(C)CNC(=O)[C@H]1C[C@H]2CSC(NC(=O)c3ccccc3)=N[C@@]2(c2ccc(F)cc2F)CO1. The molecule has 3 atom stereocenters. The number of carbonyl (C=O) groups excluding carboxylic acids is 2. The van der Waals surface area contributed by atoms with E-state index in [4.69, 9.17) is 9.73 Å². The van der Waals surface area contributed by atoms with Crippen LogP contribution in [0.4, 0.5) is 8.78 Å². The molecule has 0 bridgehead atoms. The van der Waals surface area contributed by atoms with Crippen molar-refractivity contribution in [1.82, 2.24) is 10.6 Å². The highest BCUT2D eigenvalue weighted by molar-refractivity contribution is 8.13. The molecule has 2 aliphatic heterocycles. The van der Waals surface area contributed by atoms with Gasteiger partial charge in [-0.05, 0) is 31.5 Å². The Morgan fingerprint density at radius 3 is 2.71 bits per heavy atom. The Morgan fingerprint density at radius 2 is 2.00 bits per heavy atom. The highest BCUT2D eigenvalue weighted by Gasteiger charge is 2.51. The number of aliphatic imine (C=N–C) groups is 1. The molecule has 9 heteroatoms. The number of benzene rings is 2. The summed E-state index contributed by atoms with van der Waals surface area (Å²) < 4.78 is 34.5. The van der Waals surface area contributed by atoms with Crippen molar-refractivity contribution in [2.24, 2.45) is 10.9 Å². The van der Waals surface area contributed by atoms with Crippen molar-refractivity contribution in [3.05, 3.63) is 83.4 Å². The number of nitrogens with one attached hydrogen (secondary N) is 2. The van der Waals surface area contributed by atoms with Crippen LogP contribution in [0.2, 0.25) is 0 Å². The first-order valence-corrected chi connectivity index (χ1v) is 11.9. The zero-order valence-electron chi connectivity index (χ0n) is 18.6. The Balaban J connectivity index is 1.64. The molecule has 2 amide bonds. The zero-order valence-corrected chi connectivity index (χ0v) is 19.5. The van der Waals surface area contributed by atoms with Crippen LogP contribution in [0.1, 0.15) is 29.3 Å². The van der Waals surface area contributed by atoms with E-state index in [9.17, 15) is 18.4 Å². The number of amidine groups is 1. The predicted octanol–water partition coefficient (Wildman–Crippen LogP) is 3.79. The van der Waals surface area contributed by atoms with Gasteiger partial charge in [-0.3, -0.25) is 9.59 Å². The molecule has 178 valence electrons. The summed E-state index contributed by atoms with van der Waals surface area (Å²) >= 11 is 1.33. The summed E-state index contributed by atoms with van der Waals surface area (Å²) in [7, 11) is 0. The molecule has 0 radical (unpaired) electrons. The van der Waals surface area contributed by atoms with Gasteiger partial charge < -0.3 is 15.4 Å². The lowest BCUT2D eigenvalue weighted by Crippen LogP contribution is -2.54. The van der Waals surface area contributed by atoms with Crippen molar-refractivity contribution in [2.45, 2.75) is 25.0 Å². The standard InChI is InChI=1S/C25H25F2N3O3S/c1-15(2)12-28-23(32)21-10-17-13-34-24(29-22(31)16-6-4-3-5-7-16)30-25(17,14-33-21)19-9-8-18(26)11-20(19)27/h3-9,11,17,21H,1,10,12-14H2,2H3,(H,28,32)(H,29,30,31)/t17-,21+,25-/m0/s1. The maximum absolute atomic E-state index is 15.0. The molecule has 0 aromatic heterocycles. The minimum Gasteiger partial charge on any atom is -0.365 e. The summed E-state index contributed by atoms with van der Waals surface area (Å²) in [5.41, 5.74) is 0.243. The molecule has 2 aromatic carbocycles. The third kappa shape index (κ3) is 5.05. The molecular weight excluding hydrogens is 460 g/mol. The van der Waals surface area contributed by atoms with Crippen molar-refractivity contribution in [2.75, 3.05) is 18.9 Å². The largest absolute Gasteiger partial charge is 0.365 e. The summed E-state index contributed by atoms with van der Waals surface area (Å²) in [6, 6.07) is 12.0. The monoisotopic (exact) mass is 485 g/mol. The Hall–Kier alpha value is -3.04. The Kier molecular flexibility index (Phi) is 7.13. The van der Waals surface area contributed by atoms with Crippen molar-refractivity contribution in [1.29, 1.82) is 0 Å². The van der Waals surface area contributed by atoms with Gasteiger partial charge in [0, 0.05) is 35.4 Å². The summed E-state index contributed by atoms with van der Waals surface area (Å²) in [5, 5.41) is 5.90. The predicted molar refractivity (Wildman–Crippen MR) is 128 cm³/mol. The number of thioether (sulfide) groups is 1. The average Bonchev–Trinajstić information content (AvgIpc) is 2.82. The molecule has 2 heterocycles. The van der Waals surface area contributed by atoms with Crippen LogP contribution in [0.15, 0.2) is 65.7 Å². The van der Waals surface area contributed by atoms with Crippen LogP contribution in [0, 0.1) is 17.6 Å². The third-order valence-corrected chi connectivity index (χ3v) is 6.95.